The normalized spacial score (nSPS) is 12.7. The molecule has 0 bridgehead atoms. The van der Waals surface area contributed by atoms with Crippen molar-refractivity contribution in [1.29, 1.82) is 0 Å². The third-order valence-electron chi connectivity index (χ3n) is 16.1. The molecule has 2 aromatic heterocycles. The van der Waals surface area contributed by atoms with Gasteiger partial charge < -0.3 is 4.42 Å². The van der Waals surface area contributed by atoms with E-state index < -0.39 is 0 Å². The first kappa shape index (κ1) is 43.8. The van der Waals surface area contributed by atoms with Crippen LogP contribution in [-0.4, -0.2) is 15.0 Å². The Morgan fingerprint density at radius 3 is 1.45 bits per heavy atom. The Morgan fingerprint density at radius 2 is 0.737 bits per heavy atom. The Hall–Kier alpha value is -9.77. The summed E-state index contributed by atoms with van der Waals surface area (Å²) < 4.78 is 6.66. The minimum Gasteiger partial charge on any atom is -0.456 e. The summed E-state index contributed by atoms with van der Waals surface area (Å²) in [5.41, 5.74) is 26.1. The molecule has 0 radical (unpaired) electrons. The molecular weight excluding hydrogens is 923 g/mol. The molecule has 0 amide bonds. The first-order chi connectivity index (χ1) is 37.5. The van der Waals surface area contributed by atoms with Crippen LogP contribution in [-0.2, 0) is 5.41 Å². The molecule has 0 atom stereocenters. The Labute approximate surface area is 441 Å². The van der Waals surface area contributed by atoms with Gasteiger partial charge in [-0.2, -0.15) is 0 Å². The monoisotopic (exact) mass is 969 g/mol. The molecule has 0 saturated carbocycles. The minimum absolute atomic E-state index is 0.370. The molecule has 15 rings (SSSR count). The van der Waals surface area contributed by atoms with E-state index in [-0.39, 0.29) is 5.41 Å². The first-order valence-electron chi connectivity index (χ1n) is 26.1. The Morgan fingerprint density at radius 1 is 0.276 bits per heavy atom. The van der Waals surface area contributed by atoms with Gasteiger partial charge in [-0.15, -0.1) is 0 Å². The minimum atomic E-state index is -0.370. The maximum Gasteiger partial charge on any atom is 0.164 e. The van der Waals surface area contributed by atoms with Crippen LogP contribution in [0.3, 0.4) is 0 Å². The van der Waals surface area contributed by atoms with Crippen LogP contribution >= 0.6 is 0 Å². The number of fused-ring (bicyclic) bond motifs is 13. The molecule has 2 heterocycles. The van der Waals surface area contributed by atoms with Crippen molar-refractivity contribution >= 4 is 21.9 Å². The zero-order valence-corrected chi connectivity index (χ0v) is 41.9. The predicted molar refractivity (Wildman–Crippen MR) is 311 cm³/mol. The summed E-state index contributed by atoms with van der Waals surface area (Å²) in [4.78, 5) is 15.9. The second-order valence-electron chi connectivity index (χ2n) is 20.3. The van der Waals surface area contributed by atoms with Gasteiger partial charge in [-0.1, -0.05) is 212 Å². The van der Waals surface area contributed by atoms with E-state index in [0.717, 1.165) is 72.0 Å². The highest BCUT2D eigenvalue weighted by Crippen LogP contribution is 2.63. The van der Waals surface area contributed by atoms with Crippen molar-refractivity contribution in [1.82, 2.24) is 15.0 Å². The lowest BCUT2D eigenvalue weighted by atomic mass is 9.70. The zero-order valence-electron chi connectivity index (χ0n) is 41.9. The molecule has 4 heteroatoms. The lowest BCUT2D eigenvalue weighted by molar-refractivity contribution is 0.669. The van der Waals surface area contributed by atoms with Crippen molar-refractivity contribution in [3.8, 4) is 101 Å². The highest BCUT2D eigenvalue weighted by Gasteiger charge is 2.51. The third kappa shape index (κ3) is 6.74. The number of aryl methyl sites for hydroxylation is 2. The number of furan rings is 1. The SMILES string of the molecule is Cc1ccccc1-c1cc(-c2nc(-c3ccc(-c4ccccc4)cc3)nc(-c3cccc4oc5ccc(-c6cccc(-c7ccc8c(c7)-c7ccccc7C87c8ccccc8-c8ccccc87)c6)cc5c34)n2)ccc1C. The van der Waals surface area contributed by atoms with E-state index in [4.69, 9.17) is 19.4 Å². The topological polar surface area (TPSA) is 51.8 Å². The molecule has 11 aromatic carbocycles. The predicted octanol–water partition coefficient (Wildman–Crippen LogP) is 18.4. The van der Waals surface area contributed by atoms with Gasteiger partial charge in [0.1, 0.15) is 11.2 Å². The van der Waals surface area contributed by atoms with E-state index in [1.807, 2.05) is 18.2 Å². The maximum atomic E-state index is 6.66. The summed E-state index contributed by atoms with van der Waals surface area (Å²) in [7, 11) is 0. The summed E-state index contributed by atoms with van der Waals surface area (Å²) in [6.07, 6.45) is 0. The quantitative estimate of drug-likeness (QED) is 0.160. The van der Waals surface area contributed by atoms with Crippen LogP contribution < -0.4 is 0 Å². The Kier molecular flexibility index (Phi) is 9.88. The van der Waals surface area contributed by atoms with Gasteiger partial charge in [0.25, 0.3) is 0 Å². The lowest BCUT2D eigenvalue weighted by Crippen LogP contribution is -2.25. The second-order valence-corrected chi connectivity index (χ2v) is 20.3. The molecule has 2 aliphatic rings. The molecule has 76 heavy (non-hydrogen) atoms. The molecule has 0 saturated heterocycles. The van der Waals surface area contributed by atoms with Gasteiger partial charge in [0.15, 0.2) is 17.5 Å². The van der Waals surface area contributed by atoms with Gasteiger partial charge in [-0.05, 0) is 150 Å². The molecule has 0 fully saturated rings. The molecule has 0 N–H and O–H groups in total. The van der Waals surface area contributed by atoms with Crippen molar-refractivity contribution in [3.63, 3.8) is 0 Å². The van der Waals surface area contributed by atoms with Crippen molar-refractivity contribution in [2.24, 2.45) is 0 Å². The van der Waals surface area contributed by atoms with Crippen molar-refractivity contribution in [2.45, 2.75) is 19.3 Å². The van der Waals surface area contributed by atoms with Crippen LogP contribution in [0.25, 0.3) is 123 Å². The van der Waals surface area contributed by atoms with Gasteiger partial charge >= 0.3 is 0 Å². The fraction of sp³-hybridized carbons (Fsp3) is 0.0417. The number of rotatable bonds is 7. The van der Waals surface area contributed by atoms with Gasteiger partial charge in [0.05, 0.1) is 5.41 Å². The molecule has 0 unspecified atom stereocenters. The van der Waals surface area contributed by atoms with E-state index in [9.17, 15) is 0 Å². The van der Waals surface area contributed by atoms with Crippen molar-refractivity contribution in [3.05, 3.63) is 282 Å². The summed E-state index contributed by atoms with van der Waals surface area (Å²) >= 11 is 0. The maximum absolute atomic E-state index is 6.66. The second kappa shape index (κ2) is 17.2. The van der Waals surface area contributed by atoms with Crippen LogP contribution in [0.5, 0.6) is 0 Å². The van der Waals surface area contributed by atoms with E-state index in [1.54, 1.807) is 0 Å². The van der Waals surface area contributed by atoms with Gasteiger partial charge in [-0.25, -0.2) is 15.0 Å². The van der Waals surface area contributed by atoms with Crippen LogP contribution in [0.2, 0.25) is 0 Å². The van der Waals surface area contributed by atoms with Gasteiger partial charge in [0, 0.05) is 27.5 Å². The fourth-order valence-corrected chi connectivity index (χ4v) is 12.5. The highest BCUT2D eigenvalue weighted by molar-refractivity contribution is 6.13. The number of aromatic nitrogens is 3. The molecule has 13 aromatic rings. The third-order valence-corrected chi connectivity index (χ3v) is 16.1. The largest absolute Gasteiger partial charge is 0.456 e. The summed E-state index contributed by atoms with van der Waals surface area (Å²) in [5.74, 6) is 1.78. The number of nitrogens with zero attached hydrogens (tertiary/aromatic N) is 3. The average molecular weight is 970 g/mol. The highest BCUT2D eigenvalue weighted by atomic mass is 16.3. The summed E-state index contributed by atoms with van der Waals surface area (Å²) in [6, 6.07) is 89.7. The van der Waals surface area contributed by atoms with Crippen LogP contribution in [0.15, 0.2) is 253 Å². The standard InChI is InChI=1S/C72H47N3O/c1-44-16-6-7-21-54(44)59-43-53(31-30-45(59)2)70-73-69(48-34-32-47(33-35-48)46-17-4-3-5-18-46)74-71(75-70)58-25-15-29-67-68(58)61-42-52(37-39-66(61)76-67)50-20-14-19-49(40-50)51-36-38-65-60(41-51)57-24-10-13-28-64(57)72(65)62-26-11-8-22-55(62)56-23-9-12-27-63(56)72/h3-43H,1-2H3. The van der Waals surface area contributed by atoms with E-state index in [1.165, 1.54) is 66.8 Å². The summed E-state index contributed by atoms with van der Waals surface area (Å²) in [6.45, 7) is 4.32. The Balaban J connectivity index is 0.846. The fourth-order valence-electron chi connectivity index (χ4n) is 12.5. The molecular formula is C72H47N3O. The zero-order chi connectivity index (χ0) is 50.5. The lowest BCUT2D eigenvalue weighted by Gasteiger charge is -2.30. The number of benzene rings is 11. The molecule has 0 aliphatic heterocycles. The number of hydrogen-bond acceptors (Lipinski definition) is 4. The molecule has 4 nitrogen and oxygen atoms in total. The average Bonchev–Trinajstić information content (AvgIpc) is 4.33. The van der Waals surface area contributed by atoms with E-state index in [2.05, 4.69) is 244 Å². The van der Waals surface area contributed by atoms with Gasteiger partial charge in [0.2, 0.25) is 0 Å². The molecule has 2 aliphatic carbocycles. The number of hydrogen-bond donors (Lipinski definition) is 0. The van der Waals surface area contributed by atoms with Crippen LogP contribution in [0.4, 0.5) is 0 Å². The van der Waals surface area contributed by atoms with Crippen LogP contribution in [0.1, 0.15) is 33.4 Å². The molecule has 356 valence electrons. The molecule has 1 spiro atoms. The smallest absolute Gasteiger partial charge is 0.164 e. The van der Waals surface area contributed by atoms with Crippen molar-refractivity contribution in [2.75, 3.05) is 0 Å². The Bertz CT molecular complexity index is 4440. The summed E-state index contributed by atoms with van der Waals surface area (Å²) in [5, 5.41) is 1.96. The van der Waals surface area contributed by atoms with Crippen LogP contribution in [0, 0.1) is 13.8 Å². The first-order valence-corrected chi connectivity index (χ1v) is 26.1. The van der Waals surface area contributed by atoms with Gasteiger partial charge in [-0.3, -0.25) is 0 Å². The van der Waals surface area contributed by atoms with E-state index >= 15 is 0 Å². The van der Waals surface area contributed by atoms with E-state index in [0.29, 0.717) is 17.5 Å². The van der Waals surface area contributed by atoms with Crippen molar-refractivity contribution < 1.29 is 4.42 Å².